The van der Waals surface area contributed by atoms with E-state index in [9.17, 15) is 4.79 Å². The number of hydrogen-bond acceptors (Lipinski definition) is 4. The summed E-state index contributed by atoms with van der Waals surface area (Å²) in [6.07, 6.45) is 1.74. The van der Waals surface area contributed by atoms with Gasteiger partial charge in [-0.2, -0.15) is 0 Å². The topological polar surface area (TPSA) is 42.4 Å². The molecule has 0 unspecified atom stereocenters. The average Bonchev–Trinajstić information content (AvgIpc) is 2.90. The van der Waals surface area contributed by atoms with E-state index in [0.29, 0.717) is 17.9 Å². The molecule has 0 fully saturated rings. The van der Waals surface area contributed by atoms with Crippen molar-refractivity contribution >= 4 is 17.2 Å². The highest BCUT2D eigenvalue weighted by Gasteiger charge is 2.16. The Morgan fingerprint density at radius 3 is 2.89 bits per heavy atom. The Morgan fingerprint density at radius 1 is 1.44 bits per heavy atom. The summed E-state index contributed by atoms with van der Waals surface area (Å²) in [5, 5.41) is 2.82. The van der Waals surface area contributed by atoms with Crippen LogP contribution < -0.4 is 4.74 Å². The van der Waals surface area contributed by atoms with Gasteiger partial charge in [0.2, 0.25) is 0 Å². The van der Waals surface area contributed by atoms with E-state index in [-0.39, 0.29) is 5.91 Å². The minimum Gasteiger partial charge on any atom is -0.496 e. The van der Waals surface area contributed by atoms with Gasteiger partial charge < -0.3 is 9.64 Å². The number of benzene rings is 1. The molecule has 0 aliphatic rings. The lowest BCUT2D eigenvalue weighted by molar-refractivity contribution is 0.0781. The average molecular weight is 262 g/mol. The minimum atomic E-state index is -0.0670. The van der Waals surface area contributed by atoms with Crippen LogP contribution in [-0.4, -0.2) is 29.9 Å². The molecule has 5 heteroatoms. The van der Waals surface area contributed by atoms with Crippen molar-refractivity contribution in [2.75, 3.05) is 14.2 Å². The molecule has 2 rings (SSSR count). The van der Waals surface area contributed by atoms with Gasteiger partial charge in [0, 0.05) is 18.6 Å². The normalized spacial score (nSPS) is 10.1. The van der Waals surface area contributed by atoms with Crippen molar-refractivity contribution in [1.82, 2.24) is 9.88 Å². The van der Waals surface area contributed by atoms with Crippen molar-refractivity contribution in [3.05, 3.63) is 46.4 Å². The Bertz CT molecular complexity index is 526. The highest BCUT2D eigenvalue weighted by molar-refractivity contribution is 7.09. The Balaban J connectivity index is 2.15. The van der Waals surface area contributed by atoms with Crippen molar-refractivity contribution in [1.29, 1.82) is 0 Å². The van der Waals surface area contributed by atoms with Gasteiger partial charge in [-0.05, 0) is 12.1 Å². The number of carbonyl (C=O) groups excluding carboxylic acids is 1. The third-order valence-corrected chi connectivity index (χ3v) is 3.30. The lowest BCUT2D eigenvalue weighted by Crippen LogP contribution is -2.26. The first-order valence-electron chi connectivity index (χ1n) is 5.49. The maximum absolute atomic E-state index is 12.3. The van der Waals surface area contributed by atoms with E-state index in [2.05, 4.69) is 4.98 Å². The molecular formula is C13H14N2O2S. The molecule has 0 atom stereocenters. The number of para-hydroxylation sites is 1. The molecule has 1 aromatic carbocycles. The van der Waals surface area contributed by atoms with Gasteiger partial charge in [-0.1, -0.05) is 12.1 Å². The van der Waals surface area contributed by atoms with Crippen LogP contribution in [0.4, 0.5) is 0 Å². The van der Waals surface area contributed by atoms with Gasteiger partial charge >= 0.3 is 0 Å². The molecule has 1 heterocycles. The standard InChI is InChI=1S/C13H14N2O2S/c1-15(9-12-14-7-8-18-12)13(16)10-5-3-4-6-11(10)17-2/h3-8H,9H2,1-2H3. The quantitative estimate of drug-likeness (QED) is 0.850. The fourth-order valence-electron chi connectivity index (χ4n) is 1.63. The molecular weight excluding hydrogens is 248 g/mol. The number of nitrogens with zero attached hydrogens (tertiary/aromatic N) is 2. The van der Waals surface area contributed by atoms with E-state index < -0.39 is 0 Å². The molecule has 0 aliphatic heterocycles. The maximum atomic E-state index is 12.3. The van der Waals surface area contributed by atoms with Crippen LogP contribution in [0.25, 0.3) is 0 Å². The Labute approximate surface area is 110 Å². The van der Waals surface area contributed by atoms with Crippen LogP contribution in [-0.2, 0) is 6.54 Å². The second-order valence-corrected chi connectivity index (χ2v) is 4.77. The third kappa shape index (κ3) is 2.68. The van der Waals surface area contributed by atoms with Gasteiger partial charge in [0.25, 0.3) is 5.91 Å². The Hall–Kier alpha value is -1.88. The summed E-state index contributed by atoms with van der Waals surface area (Å²) in [4.78, 5) is 18.1. The van der Waals surface area contributed by atoms with E-state index in [1.807, 2.05) is 17.5 Å². The molecule has 0 saturated carbocycles. The Morgan fingerprint density at radius 2 is 2.22 bits per heavy atom. The highest BCUT2D eigenvalue weighted by atomic mass is 32.1. The number of amides is 1. The summed E-state index contributed by atoms with van der Waals surface area (Å²) in [6, 6.07) is 7.22. The number of ether oxygens (including phenoxy) is 1. The fraction of sp³-hybridized carbons (Fsp3) is 0.231. The van der Waals surface area contributed by atoms with Gasteiger partial charge in [-0.15, -0.1) is 11.3 Å². The summed E-state index contributed by atoms with van der Waals surface area (Å²) in [6.45, 7) is 0.508. The zero-order valence-electron chi connectivity index (χ0n) is 10.3. The van der Waals surface area contributed by atoms with Crippen LogP contribution in [0, 0.1) is 0 Å². The van der Waals surface area contributed by atoms with Crippen molar-refractivity contribution in [2.24, 2.45) is 0 Å². The maximum Gasteiger partial charge on any atom is 0.257 e. The lowest BCUT2D eigenvalue weighted by Gasteiger charge is -2.17. The smallest absolute Gasteiger partial charge is 0.257 e. The lowest BCUT2D eigenvalue weighted by atomic mass is 10.2. The van der Waals surface area contributed by atoms with Gasteiger partial charge in [0.1, 0.15) is 10.8 Å². The van der Waals surface area contributed by atoms with Gasteiger partial charge in [-0.25, -0.2) is 4.98 Å². The van der Waals surface area contributed by atoms with Gasteiger partial charge in [0.15, 0.2) is 0 Å². The molecule has 0 radical (unpaired) electrons. The molecule has 2 aromatic rings. The zero-order chi connectivity index (χ0) is 13.0. The molecule has 18 heavy (non-hydrogen) atoms. The molecule has 0 N–H and O–H groups in total. The Kier molecular flexibility index (Phi) is 3.94. The molecule has 1 aromatic heterocycles. The number of aromatic nitrogens is 1. The number of thiazole rings is 1. The third-order valence-electron chi connectivity index (χ3n) is 2.54. The largest absolute Gasteiger partial charge is 0.496 e. The van der Waals surface area contributed by atoms with Crippen LogP contribution in [0.15, 0.2) is 35.8 Å². The first-order valence-corrected chi connectivity index (χ1v) is 6.37. The minimum absolute atomic E-state index is 0.0670. The van der Waals surface area contributed by atoms with E-state index in [4.69, 9.17) is 4.74 Å². The summed E-state index contributed by atoms with van der Waals surface area (Å²) in [5.41, 5.74) is 0.569. The van der Waals surface area contributed by atoms with Crippen LogP contribution >= 0.6 is 11.3 Å². The highest BCUT2D eigenvalue weighted by Crippen LogP contribution is 2.19. The molecule has 0 saturated heterocycles. The second-order valence-electron chi connectivity index (χ2n) is 3.79. The van der Waals surface area contributed by atoms with Crippen molar-refractivity contribution in [3.63, 3.8) is 0 Å². The zero-order valence-corrected chi connectivity index (χ0v) is 11.1. The van der Waals surface area contributed by atoms with Crippen LogP contribution in [0.1, 0.15) is 15.4 Å². The van der Waals surface area contributed by atoms with Crippen molar-refractivity contribution < 1.29 is 9.53 Å². The summed E-state index contributed by atoms with van der Waals surface area (Å²) in [5.74, 6) is 0.524. The number of carbonyl (C=O) groups is 1. The molecule has 0 aliphatic carbocycles. The monoisotopic (exact) mass is 262 g/mol. The molecule has 1 amide bonds. The van der Waals surface area contributed by atoms with Crippen molar-refractivity contribution in [3.8, 4) is 5.75 Å². The van der Waals surface area contributed by atoms with Gasteiger partial charge in [-0.3, -0.25) is 4.79 Å². The van der Waals surface area contributed by atoms with E-state index in [1.165, 1.54) is 11.3 Å². The SMILES string of the molecule is COc1ccccc1C(=O)N(C)Cc1nccs1. The fourth-order valence-corrected chi connectivity index (χ4v) is 2.30. The molecule has 0 spiro atoms. The van der Waals surface area contributed by atoms with E-state index >= 15 is 0 Å². The van der Waals surface area contributed by atoms with Crippen LogP contribution in [0.5, 0.6) is 5.75 Å². The first kappa shape index (κ1) is 12.6. The van der Waals surface area contributed by atoms with Gasteiger partial charge in [0.05, 0.1) is 19.2 Å². The number of methoxy groups -OCH3 is 1. The molecule has 0 bridgehead atoms. The summed E-state index contributed by atoms with van der Waals surface area (Å²) in [7, 11) is 3.32. The predicted molar refractivity (Wildman–Crippen MR) is 70.9 cm³/mol. The van der Waals surface area contributed by atoms with E-state index in [0.717, 1.165) is 5.01 Å². The molecule has 4 nitrogen and oxygen atoms in total. The number of rotatable bonds is 4. The summed E-state index contributed by atoms with van der Waals surface area (Å²) >= 11 is 1.54. The van der Waals surface area contributed by atoms with E-state index in [1.54, 1.807) is 37.4 Å². The predicted octanol–water partition coefficient (Wildman–Crippen LogP) is 2.42. The number of hydrogen-bond donors (Lipinski definition) is 0. The van der Waals surface area contributed by atoms with Crippen LogP contribution in [0.2, 0.25) is 0 Å². The summed E-state index contributed by atoms with van der Waals surface area (Å²) < 4.78 is 5.19. The molecule has 94 valence electrons. The van der Waals surface area contributed by atoms with Crippen molar-refractivity contribution in [2.45, 2.75) is 6.54 Å². The van der Waals surface area contributed by atoms with Crippen LogP contribution in [0.3, 0.4) is 0 Å². The first-order chi connectivity index (χ1) is 8.72. The second kappa shape index (κ2) is 5.64.